The van der Waals surface area contributed by atoms with Gasteiger partial charge in [0.2, 0.25) is 0 Å². The first kappa shape index (κ1) is 11.4. The van der Waals surface area contributed by atoms with Crippen molar-refractivity contribution in [2.45, 2.75) is 6.92 Å². The Kier molecular flexibility index (Phi) is 5.27. The summed E-state index contributed by atoms with van der Waals surface area (Å²) in [4.78, 5) is 9.00. The number of halogens is 1. The first-order valence-electron chi connectivity index (χ1n) is 3.55. The summed E-state index contributed by atoms with van der Waals surface area (Å²) in [5.41, 5.74) is 0. The number of aliphatic carboxylic acids is 1. The molecule has 0 atom stereocenters. The van der Waals surface area contributed by atoms with Gasteiger partial charge in [-0.3, -0.25) is 4.79 Å². The van der Waals surface area contributed by atoms with Crippen LogP contribution in [0.25, 0.3) is 0 Å². The predicted octanol–water partition coefficient (Wildman–Crippen LogP) is 1.93. The van der Waals surface area contributed by atoms with E-state index in [4.69, 9.17) is 14.6 Å². The van der Waals surface area contributed by atoms with Crippen molar-refractivity contribution in [1.29, 1.82) is 0 Å². The Morgan fingerprint density at radius 3 is 2.08 bits per heavy atom. The highest BCUT2D eigenvalue weighted by Crippen LogP contribution is 2.08. The molecule has 0 radical (unpaired) electrons. The highest BCUT2D eigenvalue weighted by atomic mass is 19.1. The molecule has 0 aliphatic carbocycles. The van der Waals surface area contributed by atoms with Gasteiger partial charge in [0.05, 0.1) is 7.11 Å². The van der Waals surface area contributed by atoms with Crippen molar-refractivity contribution in [1.82, 2.24) is 0 Å². The summed E-state index contributed by atoms with van der Waals surface area (Å²) in [7, 11) is 1.55. The minimum atomic E-state index is -0.833. The van der Waals surface area contributed by atoms with E-state index in [0.29, 0.717) is 5.75 Å². The molecule has 3 nitrogen and oxygen atoms in total. The molecule has 1 aromatic carbocycles. The zero-order chi connectivity index (χ0) is 10.3. The topological polar surface area (TPSA) is 46.5 Å². The van der Waals surface area contributed by atoms with E-state index >= 15 is 0 Å². The summed E-state index contributed by atoms with van der Waals surface area (Å²) < 4.78 is 17.0. The number of benzene rings is 1. The van der Waals surface area contributed by atoms with Crippen molar-refractivity contribution in [3.63, 3.8) is 0 Å². The van der Waals surface area contributed by atoms with Crippen molar-refractivity contribution < 1.29 is 19.0 Å². The molecule has 0 spiro atoms. The monoisotopic (exact) mass is 186 g/mol. The first-order chi connectivity index (χ1) is 6.06. The van der Waals surface area contributed by atoms with Gasteiger partial charge in [-0.1, -0.05) is 0 Å². The molecule has 0 fully saturated rings. The maximum atomic E-state index is 12.2. The molecule has 0 bridgehead atoms. The van der Waals surface area contributed by atoms with Crippen molar-refractivity contribution >= 4 is 5.97 Å². The van der Waals surface area contributed by atoms with Crippen molar-refractivity contribution in [2.75, 3.05) is 7.11 Å². The zero-order valence-electron chi connectivity index (χ0n) is 7.45. The summed E-state index contributed by atoms with van der Waals surface area (Å²) in [6, 6.07) is 5.88. The van der Waals surface area contributed by atoms with Crippen LogP contribution in [0.2, 0.25) is 0 Å². The molecule has 13 heavy (non-hydrogen) atoms. The average molecular weight is 186 g/mol. The standard InChI is InChI=1S/C7H7FO.C2H4O2/c1-9-7-4-2-6(8)3-5-7;1-2(3)4/h2-5H,1H3;1H3,(H,3,4). The van der Waals surface area contributed by atoms with Crippen molar-refractivity contribution in [3.05, 3.63) is 30.1 Å². The third kappa shape index (κ3) is 6.80. The molecular formula is C9H11FO3. The number of methoxy groups -OCH3 is 1. The molecule has 0 saturated carbocycles. The van der Waals surface area contributed by atoms with Gasteiger partial charge in [0.25, 0.3) is 5.97 Å². The SMILES string of the molecule is CC(=O)O.COc1ccc(F)cc1. The van der Waals surface area contributed by atoms with Gasteiger partial charge in [-0.25, -0.2) is 4.39 Å². The Labute approximate surface area is 75.8 Å². The van der Waals surface area contributed by atoms with Crippen LogP contribution < -0.4 is 4.74 Å². The largest absolute Gasteiger partial charge is 0.497 e. The zero-order valence-corrected chi connectivity index (χ0v) is 7.45. The van der Waals surface area contributed by atoms with Gasteiger partial charge in [-0.2, -0.15) is 0 Å². The van der Waals surface area contributed by atoms with Crippen LogP contribution in [0.1, 0.15) is 6.92 Å². The van der Waals surface area contributed by atoms with Crippen molar-refractivity contribution in [3.8, 4) is 5.75 Å². The molecule has 0 aliphatic rings. The average Bonchev–Trinajstić information content (AvgIpc) is 2.05. The third-order valence-electron chi connectivity index (χ3n) is 1.05. The maximum absolute atomic E-state index is 12.2. The highest BCUT2D eigenvalue weighted by molar-refractivity contribution is 5.62. The Bertz CT molecular complexity index is 252. The Balaban J connectivity index is 0.000000310. The second-order valence-corrected chi connectivity index (χ2v) is 2.18. The highest BCUT2D eigenvalue weighted by Gasteiger charge is 1.88. The summed E-state index contributed by atoms with van der Waals surface area (Å²) in [5, 5.41) is 7.42. The van der Waals surface area contributed by atoms with Gasteiger partial charge in [-0.15, -0.1) is 0 Å². The fourth-order valence-corrected chi connectivity index (χ4v) is 0.571. The van der Waals surface area contributed by atoms with Crippen LogP contribution in [0.4, 0.5) is 4.39 Å². The minimum absolute atomic E-state index is 0.240. The molecule has 1 N–H and O–H groups in total. The van der Waals surface area contributed by atoms with Crippen LogP contribution in [0, 0.1) is 5.82 Å². The lowest BCUT2D eigenvalue weighted by Crippen LogP contribution is -1.80. The Morgan fingerprint density at radius 2 is 1.77 bits per heavy atom. The van der Waals surface area contributed by atoms with E-state index < -0.39 is 5.97 Å². The summed E-state index contributed by atoms with van der Waals surface area (Å²) in [6.45, 7) is 1.08. The van der Waals surface area contributed by atoms with E-state index in [0.717, 1.165) is 6.92 Å². The number of carboxylic acids is 1. The van der Waals surface area contributed by atoms with E-state index in [-0.39, 0.29) is 5.82 Å². The van der Waals surface area contributed by atoms with Gasteiger partial charge >= 0.3 is 0 Å². The molecule has 0 saturated heterocycles. The number of hydrogen-bond acceptors (Lipinski definition) is 2. The van der Waals surface area contributed by atoms with E-state index in [2.05, 4.69) is 0 Å². The van der Waals surface area contributed by atoms with Gasteiger partial charge in [-0.05, 0) is 24.3 Å². The number of hydrogen-bond donors (Lipinski definition) is 1. The molecule has 0 aliphatic heterocycles. The van der Waals surface area contributed by atoms with E-state index in [1.54, 1.807) is 19.2 Å². The van der Waals surface area contributed by atoms with Crippen molar-refractivity contribution in [2.24, 2.45) is 0 Å². The molecule has 0 aromatic heterocycles. The fraction of sp³-hybridized carbons (Fsp3) is 0.222. The molecular weight excluding hydrogens is 175 g/mol. The van der Waals surface area contributed by atoms with Crippen LogP contribution in [0.15, 0.2) is 24.3 Å². The number of carboxylic acid groups (broad SMARTS) is 1. The van der Waals surface area contributed by atoms with Crippen LogP contribution >= 0.6 is 0 Å². The van der Waals surface area contributed by atoms with E-state index in [1.807, 2.05) is 0 Å². The second kappa shape index (κ2) is 5.99. The van der Waals surface area contributed by atoms with Crippen LogP contribution in [0.3, 0.4) is 0 Å². The van der Waals surface area contributed by atoms with Crippen LogP contribution in [-0.2, 0) is 4.79 Å². The van der Waals surface area contributed by atoms with Gasteiger partial charge in [0, 0.05) is 6.92 Å². The van der Waals surface area contributed by atoms with Gasteiger partial charge in [0.1, 0.15) is 11.6 Å². The summed E-state index contributed by atoms with van der Waals surface area (Å²) >= 11 is 0. The Hall–Kier alpha value is -1.58. The van der Waals surface area contributed by atoms with E-state index in [1.165, 1.54) is 12.1 Å². The molecule has 4 heteroatoms. The lowest BCUT2D eigenvalue weighted by atomic mass is 10.3. The normalized spacial score (nSPS) is 8.23. The van der Waals surface area contributed by atoms with E-state index in [9.17, 15) is 4.39 Å². The fourth-order valence-electron chi connectivity index (χ4n) is 0.571. The Morgan fingerprint density at radius 1 is 1.38 bits per heavy atom. The third-order valence-corrected chi connectivity index (χ3v) is 1.05. The smallest absolute Gasteiger partial charge is 0.300 e. The van der Waals surface area contributed by atoms with Crippen LogP contribution in [-0.4, -0.2) is 18.2 Å². The number of rotatable bonds is 1. The second-order valence-electron chi connectivity index (χ2n) is 2.18. The lowest BCUT2D eigenvalue weighted by molar-refractivity contribution is -0.134. The molecule has 0 unspecified atom stereocenters. The lowest BCUT2D eigenvalue weighted by Gasteiger charge is -1.95. The molecule has 0 heterocycles. The molecule has 0 amide bonds. The maximum Gasteiger partial charge on any atom is 0.300 e. The van der Waals surface area contributed by atoms with Gasteiger partial charge < -0.3 is 9.84 Å². The minimum Gasteiger partial charge on any atom is -0.497 e. The molecule has 72 valence electrons. The summed E-state index contributed by atoms with van der Waals surface area (Å²) in [6.07, 6.45) is 0. The first-order valence-corrected chi connectivity index (χ1v) is 3.55. The summed E-state index contributed by atoms with van der Waals surface area (Å²) in [5.74, 6) is -0.396. The number of carbonyl (C=O) groups is 1. The molecule has 1 aromatic rings. The predicted molar refractivity (Wildman–Crippen MR) is 46.3 cm³/mol. The number of ether oxygens (including phenoxy) is 1. The molecule has 1 rings (SSSR count). The quantitative estimate of drug-likeness (QED) is 0.728. The van der Waals surface area contributed by atoms with Crippen LogP contribution in [0.5, 0.6) is 5.75 Å². The van der Waals surface area contributed by atoms with Gasteiger partial charge in [0.15, 0.2) is 0 Å².